The highest BCUT2D eigenvalue weighted by Crippen LogP contribution is 2.35. The zero-order valence-corrected chi connectivity index (χ0v) is 16.0. The van der Waals surface area contributed by atoms with Crippen LogP contribution in [0.3, 0.4) is 0 Å². The van der Waals surface area contributed by atoms with E-state index in [4.69, 9.17) is 9.47 Å². The van der Waals surface area contributed by atoms with Crippen molar-refractivity contribution in [2.45, 2.75) is 69.0 Å². The van der Waals surface area contributed by atoms with Gasteiger partial charge >= 0.3 is 11.9 Å². The van der Waals surface area contributed by atoms with Crippen LogP contribution in [0.15, 0.2) is 0 Å². The van der Waals surface area contributed by atoms with Crippen LogP contribution in [0.2, 0.25) is 0 Å². The number of amides is 1. The first kappa shape index (κ1) is 23.4. The topological polar surface area (TPSA) is 195 Å². The molecular formula is C17H28N2O10. The second-order valence-corrected chi connectivity index (χ2v) is 7.41. The van der Waals surface area contributed by atoms with Gasteiger partial charge in [-0.15, -0.1) is 0 Å². The second-order valence-electron chi connectivity index (χ2n) is 7.41. The first-order valence-electron chi connectivity index (χ1n) is 9.38. The number of ether oxygens (including phenoxy) is 2. The zero-order valence-electron chi connectivity index (χ0n) is 16.0. The highest BCUT2D eigenvalue weighted by atomic mass is 16.7. The van der Waals surface area contributed by atoms with Gasteiger partial charge < -0.3 is 45.6 Å². The normalized spacial score (nSPS) is 34.2. The van der Waals surface area contributed by atoms with Gasteiger partial charge in [0.1, 0.15) is 18.9 Å². The second kappa shape index (κ2) is 9.78. The molecule has 7 N–H and O–H groups in total. The van der Waals surface area contributed by atoms with Gasteiger partial charge in [0.2, 0.25) is 5.91 Å². The highest BCUT2D eigenvalue weighted by molar-refractivity contribution is 5.76. The fourth-order valence-corrected chi connectivity index (χ4v) is 3.61. The van der Waals surface area contributed by atoms with E-state index in [0.29, 0.717) is 13.0 Å². The van der Waals surface area contributed by atoms with Crippen molar-refractivity contribution in [2.75, 3.05) is 13.2 Å². The van der Waals surface area contributed by atoms with Gasteiger partial charge in [0, 0.05) is 19.8 Å². The summed E-state index contributed by atoms with van der Waals surface area (Å²) in [6, 6.07) is -0.457. The van der Waals surface area contributed by atoms with Crippen molar-refractivity contribution in [3.8, 4) is 0 Å². The number of aliphatic hydroxyl groups is 4. The fraction of sp³-hybridized carbons (Fsp3) is 0.824. The summed E-state index contributed by atoms with van der Waals surface area (Å²) in [6.07, 6.45) is -5.56. The molecule has 0 saturated carbocycles. The molecule has 2 aliphatic heterocycles. The minimum Gasteiger partial charge on any atom is -0.477 e. The van der Waals surface area contributed by atoms with Crippen LogP contribution in [0.1, 0.15) is 32.6 Å². The van der Waals surface area contributed by atoms with E-state index in [2.05, 4.69) is 10.6 Å². The Kier molecular flexibility index (Phi) is 7.91. The Morgan fingerprint density at radius 2 is 2.03 bits per heavy atom. The number of carbonyl (C=O) groups is 3. The molecule has 1 amide bonds. The van der Waals surface area contributed by atoms with Crippen molar-refractivity contribution < 1.29 is 49.4 Å². The molecule has 12 nitrogen and oxygen atoms in total. The minimum atomic E-state index is -2.74. The predicted octanol–water partition coefficient (Wildman–Crippen LogP) is -2.97. The number of aliphatic hydroxyl groups excluding tert-OH is 3. The number of hydrogen-bond donors (Lipinski definition) is 7. The summed E-state index contributed by atoms with van der Waals surface area (Å²) < 4.78 is 10.2. The van der Waals surface area contributed by atoms with E-state index in [1.165, 1.54) is 0 Å². The minimum absolute atomic E-state index is 0.376. The summed E-state index contributed by atoms with van der Waals surface area (Å²) in [5, 5.41) is 55.1. The van der Waals surface area contributed by atoms with Crippen molar-refractivity contribution in [1.82, 2.24) is 10.6 Å². The van der Waals surface area contributed by atoms with Crippen molar-refractivity contribution in [1.29, 1.82) is 0 Å². The maximum atomic E-state index is 11.9. The molecule has 0 bridgehead atoms. The monoisotopic (exact) mass is 420 g/mol. The van der Waals surface area contributed by atoms with Crippen LogP contribution in [0, 0.1) is 5.92 Å². The molecular weight excluding hydrogens is 392 g/mol. The van der Waals surface area contributed by atoms with Crippen LogP contribution < -0.4 is 10.6 Å². The average molecular weight is 420 g/mol. The standard InChI is InChI=1S/C17H28N2O10/c1-8(20)19-14(23)13-11(22)6-17(27,16(25)26)29-12(13)5-9(21)7-28-15(24)10-3-2-4-18-10/h9-14,18,21-23,27H,2-7H2,1H3,(H,19,20)(H,25,26)/t9-,10-,11?,12?,13?,14-,17?/m0/s1. The number of nitrogens with one attached hydrogen (secondary N) is 2. The molecule has 0 aromatic heterocycles. The number of rotatable bonds is 8. The van der Waals surface area contributed by atoms with Gasteiger partial charge in [0.15, 0.2) is 0 Å². The summed E-state index contributed by atoms with van der Waals surface area (Å²) >= 11 is 0. The van der Waals surface area contributed by atoms with E-state index >= 15 is 0 Å². The molecule has 4 unspecified atom stereocenters. The number of esters is 1. The molecule has 0 radical (unpaired) electrons. The lowest BCUT2D eigenvalue weighted by molar-refractivity contribution is -0.297. The van der Waals surface area contributed by atoms with Crippen LogP contribution in [-0.2, 0) is 23.9 Å². The average Bonchev–Trinajstić information content (AvgIpc) is 3.13. The van der Waals surface area contributed by atoms with Crippen molar-refractivity contribution in [3.05, 3.63) is 0 Å². The molecule has 2 rings (SSSR count). The van der Waals surface area contributed by atoms with Crippen LogP contribution in [0.5, 0.6) is 0 Å². The smallest absolute Gasteiger partial charge is 0.364 e. The fourth-order valence-electron chi connectivity index (χ4n) is 3.61. The van der Waals surface area contributed by atoms with E-state index in [1.54, 1.807) is 0 Å². The van der Waals surface area contributed by atoms with E-state index in [-0.39, 0.29) is 6.42 Å². The van der Waals surface area contributed by atoms with E-state index in [9.17, 15) is 39.9 Å². The first-order valence-corrected chi connectivity index (χ1v) is 9.38. The lowest BCUT2D eigenvalue weighted by atomic mass is 9.83. The molecule has 0 spiro atoms. The molecule has 0 aliphatic carbocycles. The molecule has 2 saturated heterocycles. The molecule has 29 heavy (non-hydrogen) atoms. The van der Waals surface area contributed by atoms with Crippen LogP contribution in [0.25, 0.3) is 0 Å². The Morgan fingerprint density at radius 3 is 2.59 bits per heavy atom. The van der Waals surface area contributed by atoms with Crippen LogP contribution in [0.4, 0.5) is 0 Å². The van der Waals surface area contributed by atoms with Gasteiger partial charge in [-0.25, -0.2) is 4.79 Å². The lowest BCUT2D eigenvalue weighted by Gasteiger charge is -2.44. The van der Waals surface area contributed by atoms with Crippen molar-refractivity contribution in [2.24, 2.45) is 5.92 Å². The molecule has 2 fully saturated rings. The molecule has 0 aromatic carbocycles. The summed E-state index contributed by atoms with van der Waals surface area (Å²) in [6.45, 7) is 1.39. The molecule has 7 atom stereocenters. The summed E-state index contributed by atoms with van der Waals surface area (Å²) in [7, 11) is 0. The maximum Gasteiger partial charge on any atom is 0.364 e. The van der Waals surface area contributed by atoms with E-state index in [0.717, 1.165) is 13.3 Å². The molecule has 0 aromatic rings. The predicted molar refractivity (Wildman–Crippen MR) is 94.0 cm³/mol. The SMILES string of the molecule is CC(=O)N[C@@H](O)C1C(O)CC(O)(C(=O)O)OC1C[C@H](O)COC(=O)[C@@H]1CCCN1. The Hall–Kier alpha value is -1.83. The van der Waals surface area contributed by atoms with E-state index < -0.39 is 73.2 Å². The Morgan fingerprint density at radius 1 is 1.34 bits per heavy atom. The van der Waals surface area contributed by atoms with Gasteiger partial charge in [-0.05, 0) is 19.4 Å². The number of hydrogen-bond acceptors (Lipinski definition) is 10. The lowest BCUT2D eigenvalue weighted by Crippen LogP contribution is -2.61. The van der Waals surface area contributed by atoms with Crippen molar-refractivity contribution >= 4 is 17.8 Å². The zero-order chi connectivity index (χ0) is 21.8. The van der Waals surface area contributed by atoms with Crippen LogP contribution in [-0.4, -0.2) is 92.9 Å². The number of carbonyl (C=O) groups excluding carboxylic acids is 2. The number of aliphatic carboxylic acids is 1. The Balaban J connectivity index is 2.04. The van der Waals surface area contributed by atoms with Gasteiger partial charge in [-0.1, -0.05) is 0 Å². The van der Waals surface area contributed by atoms with Gasteiger partial charge in [0.05, 0.1) is 24.2 Å². The number of carboxylic acids is 1. The Labute approximate surface area is 166 Å². The van der Waals surface area contributed by atoms with Crippen LogP contribution >= 0.6 is 0 Å². The largest absolute Gasteiger partial charge is 0.477 e. The van der Waals surface area contributed by atoms with Gasteiger partial charge in [-0.2, -0.15) is 0 Å². The van der Waals surface area contributed by atoms with Gasteiger partial charge in [0.25, 0.3) is 5.79 Å². The van der Waals surface area contributed by atoms with E-state index in [1.807, 2.05) is 0 Å². The quantitative estimate of drug-likeness (QED) is 0.156. The Bertz CT molecular complexity index is 611. The first-order chi connectivity index (χ1) is 13.5. The number of carboxylic acid groups (broad SMARTS) is 1. The van der Waals surface area contributed by atoms with Gasteiger partial charge in [-0.3, -0.25) is 9.59 Å². The summed E-state index contributed by atoms with van der Waals surface area (Å²) in [5.74, 6) is -6.87. The molecule has 2 heterocycles. The van der Waals surface area contributed by atoms with Crippen molar-refractivity contribution in [3.63, 3.8) is 0 Å². The third kappa shape index (κ3) is 6.07. The summed E-state index contributed by atoms with van der Waals surface area (Å²) in [4.78, 5) is 34.4. The third-order valence-electron chi connectivity index (χ3n) is 5.02. The molecule has 166 valence electrons. The molecule has 12 heteroatoms. The highest BCUT2D eigenvalue weighted by Gasteiger charge is 2.53. The summed E-state index contributed by atoms with van der Waals surface area (Å²) in [5.41, 5.74) is 0. The molecule has 2 aliphatic rings. The maximum absolute atomic E-state index is 11.9. The third-order valence-corrected chi connectivity index (χ3v) is 5.02.